The highest BCUT2D eigenvalue weighted by Crippen LogP contribution is 2.39. The summed E-state index contributed by atoms with van der Waals surface area (Å²) in [4.78, 5) is 15.9. The van der Waals surface area contributed by atoms with Crippen molar-refractivity contribution >= 4 is 5.91 Å². The van der Waals surface area contributed by atoms with Gasteiger partial charge in [0.2, 0.25) is 5.75 Å². The molecule has 0 atom stereocenters. The minimum atomic E-state index is -0.258. The summed E-state index contributed by atoms with van der Waals surface area (Å²) in [7, 11) is 1.63. The fraction of sp³-hybridized carbons (Fsp3) is 0.806. The molecule has 0 spiro atoms. The zero-order valence-corrected chi connectivity index (χ0v) is 32.4. The van der Waals surface area contributed by atoms with E-state index in [4.69, 9.17) is 62.4 Å². The van der Waals surface area contributed by atoms with Gasteiger partial charge < -0.3 is 62.2 Å². The molecule has 0 heterocycles. The lowest BCUT2D eigenvalue weighted by Gasteiger charge is -2.19. The van der Waals surface area contributed by atoms with E-state index in [0.29, 0.717) is 121 Å². The van der Waals surface area contributed by atoms with Crippen LogP contribution in [0.15, 0.2) is 17.2 Å². The van der Waals surface area contributed by atoms with Crippen LogP contribution in [0.3, 0.4) is 0 Å². The van der Waals surface area contributed by atoms with E-state index in [9.17, 15) is 4.79 Å². The number of benzene rings is 1. The molecule has 1 rings (SSSR count). The number of hydrogen-bond acceptors (Lipinski definition) is 14. The number of amides is 1. The molecule has 0 saturated carbocycles. The van der Waals surface area contributed by atoms with E-state index in [2.05, 4.69) is 36.1 Å². The van der Waals surface area contributed by atoms with Gasteiger partial charge in [-0.3, -0.25) is 4.79 Å². The zero-order chi connectivity index (χ0) is 38.5. The third-order valence-electron chi connectivity index (χ3n) is 6.77. The predicted molar refractivity (Wildman–Crippen MR) is 197 cm³/mol. The first kappa shape index (κ1) is 48.1. The van der Waals surface area contributed by atoms with E-state index < -0.39 is 0 Å². The summed E-state index contributed by atoms with van der Waals surface area (Å²) in [6, 6.07) is 3.27. The Bertz CT molecular complexity index is 1060. The molecule has 0 bridgehead atoms. The molecule has 0 unspecified atom stereocenters. The number of ether oxygens (including phenoxy) is 12. The van der Waals surface area contributed by atoms with Crippen LogP contribution in [0.25, 0.3) is 10.4 Å². The highest BCUT2D eigenvalue weighted by atomic mass is 16.6. The van der Waals surface area contributed by atoms with Gasteiger partial charge in [-0.15, -0.1) is 0 Å². The Labute approximate surface area is 315 Å². The maximum Gasteiger partial charge on any atom is 0.251 e. The summed E-state index contributed by atoms with van der Waals surface area (Å²) in [5, 5.41) is 6.40. The minimum Gasteiger partial charge on any atom is -0.487 e. The summed E-state index contributed by atoms with van der Waals surface area (Å²) >= 11 is 0. The van der Waals surface area contributed by atoms with Gasteiger partial charge in [0.1, 0.15) is 19.8 Å². The van der Waals surface area contributed by atoms with Crippen molar-refractivity contribution in [2.24, 2.45) is 11.0 Å². The fourth-order valence-electron chi connectivity index (χ4n) is 4.11. The van der Waals surface area contributed by atoms with Crippen LogP contribution in [0.1, 0.15) is 44.0 Å². The van der Waals surface area contributed by atoms with Gasteiger partial charge in [-0.25, -0.2) is 0 Å². The number of carbonyl (C=O) groups excluding carboxylic acids is 1. The molecule has 1 amide bonds. The highest BCUT2D eigenvalue weighted by Gasteiger charge is 2.19. The SMILES string of the molecule is CCCOCCOCCOCCOc1cc(C(=O)NCCC(C)C)cc(OCCOCCOCCOCCOC)c1OCCOCCOCCN=[N+]=[N-]. The average molecular weight is 761 g/mol. The molecule has 17 nitrogen and oxygen atoms in total. The Kier molecular flexibility index (Phi) is 32.7. The summed E-state index contributed by atoms with van der Waals surface area (Å²) < 4.78 is 67.5. The van der Waals surface area contributed by atoms with Gasteiger partial charge in [0, 0.05) is 37.3 Å². The van der Waals surface area contributed by atoms with E-state index in [0.717, 1.165) is 19.4 Å². The molecule has 1 aromatic rings. The first-order chi connectivity index (χ1) is 26.0. The van der Waals surface area contributed by atoms with E-state index in [1.54, 1.807) is 19.2 Å². The standard InChI is InChI=1S/C36H64N4O13/c1-5-9-43-13-15-46-19-21-48-23-26-51-33-29-32(36(41)38-7-6-31(2)3)30-34(35(33)53-28-25-50-16-14-44-10-8-39-40-37)52-27-24-49-22-20-47-18-17-45-12-11-42-4/h29-31H,5-28H2,1-4H3,(H,38,41). The smallest absolute Gasteiger partial charge is 0.251 e. The van der Waals surface area contributed by atoms with Crippen LogP contribution < -0.4 is 19.5 Å². The molecule has 0 aliphatic carbocycles. The molecule has 0 saturated heterocycles. The van der Waals surface area contributed by atoms with Gasteiger partial charge in [-0.1, -0.05) is 25.9 Å². The molecule has 0 fully saturated rings. The van der Waals surface area contributed by atoms with Crippen LogP contribution >= 0.6 is 0 Å². The quantitative estimate of drug-likeness (QED) is 0.0438. The zero-order valence-electron chi connectivity index (χ0n) is 32.4. The lowest BCUT2D eigenvalue weighted by molar-refractivity contribution is -0.0000432. The van der Waals surface area contributed by atoms with E-state index in [-0.39, 0.29) is 52.1 Å². The van der Waals surface area contributed by atoms with Gasteiger partial charge >= 0.3 is 0 Å². The Balaban J connectivity index is 2.84. The number of methoxy groups -OCH3 is 1. The summed E-state index contributed by atoms with van der Waals surface area (Å²) in [5.74, 6) is 1.16. The molecular weight excluding hydrogens is 696 g/mol. The van der Waals surface area contributed by atoms with Crippen molar-refractivity contribution in [1.82, 2.24) is 5.32 Å². The predicted octanol–water partition coefficient (Wildman–Crippen LogP) is 4.10. The number of hydrogen-bond donors (Lipinski definition) is 1. The van der Waals surface area contributed by atoms with Crippen molar-refractivity contribution in [2.75, 3.05) is 152 Å². The van der Waals surface area contributed by atoms with Crippen LogP contribution in [-0.4, -0.2) is 158 Å². The molecule has 0 aliphatic rings. The van der Waals surface area contributed by atoms with E-state index in [1.807, 2.05) is 0 Å². The first-order valence-electron chi connectivity index (χ1n) is 18.5. The van der Waals surface area contributed by atoms with Crippen LogP contribution in [0.5, 0.6) is 17.2 Å². The Morgan fingerprint density at radius 2 is 1.06 bits per heavy atom. The third kappa shape index (κ3) is 28.2. The monoisotopic (exact) mass is 760 g/mol. The van der Waals surface area contributed by atoms with Crippen molar-refractivity contribution in [3.05, 3.63) is 28.1 Å². The topological polar surface area (TPSA) is 189 Å². The highest BCUT2D eigenvalue weighted by molar-refractivity contribution is 5.95. The van der Waals surface area contributed by atoms with Gasteiger partial charge in [0.15, 0.2) is 11.5 Å². The molecule has 17 heteroatoms. The number of nitrogens with zero attached hydrogens (tertiary/aromatic N) is 3. The lowest BCUT2D eigenvalue weighted by atomic mass is 10.1. The van der Waals surface area contributed by atoms with Crippen LogP contribution in [-0.2, 0) is 42.6 Å². The first-order valence-corrected chi connectivity index (χ1v) is 18.5. The number of nitrogens with one attached hydrogen (secondary N) is 1. The van der Waals surface area contributed by atoms with Crippen LogP contribution in [0.4, 0.5) is 0 Å². The van der Waals surface area contributed by atoms with Crippen molar-refractivity contribution < 1.29 is 61.6 Å². The summed E-state index contributed by atoms with van der Waals surface area (Å²) in [6.45, 7) is 14.8. The summed E-state index contributed by atoms with van der Waals surface area (Å²) in [6.07, 6.45) is 1.81. The minimum absolute atomic E-state index is 0.171. The van der Waals surface area contributed by atoms with E-state index >= 15 is 0 Å². The molecule has 1 N–H and O–H groups in total. The van der Waals surface area contributed by atoms with E-state index in [1.165, 1.54) is 0 Å². The maximum absolute atomic E-state index is 13.2. The van der Waals surface area contributed by atoms with Crippen molar-refractivity contribution in [2.45, 2.75) is 33.6 Å². The molecule has 0 aliphatic heterocycles. The number of azide groups is 1. The largest absolute Gasteiger partial charge is 0.487 e. The second-order valence-electron chi connectivity index (χ2n) is 11.6. The van der Waals surface area contributed by atoms with Gasteiger partial charge in [-0.05, 0) is 36.4 Å². The van der Waals surface area contributed by atoms with Gasteiger partial charge in [-0.2, -0.15) is 0 Å². The second kappa shape index (κ2) is 36.0. The van der Waals surface area contributed by atoms with Crippen molar-refractivity contribution in [1.29, 1.82) is 0 Å². The Hall–Kier alpha value is -2.96. The molecule has 1 aromatic carbocycles. The Morgan fingerprint density at radius 1 is 0.642 bits per heavy atom. The van der Waals surface area contributed by atoms with Gasteiger partial charge in [0.05, 0.1) is 106 Å². The number of carbonyl (C=O) groups is 1. The normalized spacial score (nSPS) is 11.1. The molecular formula is C36H64N4O13. The number of rotatable bonds is 39. The molecule has 0 radical (unpaired) electrons. The van der Waals surface area contributed by atoms with Crippen molar-refractivity contribution in [3.8, 4) is 17.2 Å². The average Bonchev–Trinajstić information content (AvgIpc) is 3.15. The molecule has 53 heavy (non-hydrogen) atoms. The summed E-state index contributed by atoms with van der Waals surface area (Å²) in [5.41, 5.74) is 8.71. The second-order valence-corrected chi connectivity index (χ2v) is 11.6. The fourth-order valence-corrected chi connectivity index (χ4v) is 4.11. The van der Waals surface area contributed by atoms with Crippen LogP contribution in [0, 0.1) is 5.92 Å². The van der Waals surface area contributed by atoms with Crippen molar-refractivity contribution in [3.63, 3.8) is 0 Å². The third-order valence-corrected chi connectivity index (χ3v) is 6.77. The van der Waals surface area contributed by atoms with Crippen LogP contribution in [0.2, 0.25) is 0 Å². The Morgan fingerprint density at radius 3 is 1.49 bits per heavy atom. The molecule has 306 valence electrons. The lowest BCUT2D eigenvalue weighted by Crippen LogP contribution is -2.25. The molecule has 0 aromatic heterocycles. The maximum atomic E-state index is 13.2. The van der Waals surface area contributed by atoms with Gasteiger partial charge in [0.25, 0.3) is 5.91 Å².